The van der Waals surface area contributed by atoms with Gasteiger partial charge in [0.1, 0.15) is 6.04 Å². The molecule has 0 aliphatic heterocycles. The highest BCUT2D eigenvalue weighted by Crippen LogP contribution is 2.49. The van der Waals surface area contributed by atoms with Crippen molar-refractivity contribution in [3.63, 3.8) is 0 Å². The van der Waals surface area contributed by atoms with Gasteiger partial charge in [0.15, 0.2) is 11.5 Å². The molecule has 2 aromatic rings. The number of ether oxygens (including phenoxy) is 3. The van der Waals surface area contributed by atoms with E-state index in [2.05, 4.69) is 10.6 Å². The highest BCUT2D eigenvalue weighted by Gasteiger charge is 2.29. The number of methoxy groups -OCH3 is 3. The molecule has 3 rings (SSSR count). The van der Waals surface area contributed by atoms with Crippen LogP contribution in [-0.2, 0) is 6.42 Å². The van der Waals surface area contributed by atoms with Crippen LogP contribution in [0.3, 0.4) is 0 Å². The number of nitrogens with one attached hydrogen (secondary N) is 1. The summed E-state index contributed by atoms with van der Waals surface area (Å²) in [6.45, 7) is 0.273. The fourth-order valence-electron chi connectivity index (χ4n) is 4.02. The first-order valence-corrected chi connectivity index (χ1v) is 9.74. The first-order chi connectivity index (χ1) is 14.1. The first kappa shape index (κ1) is 21.0. The van der Waals surface area contributed by atoms with Crippen molar-refractivity contribution in [3.8, 4) is 28.4 Å². The fraction of sp³-hybridized carbons (Fsp3) is 0.409. The van der Waals surface area contributed by atoms with Crippen LogP contribution in [0.2, 0.25) is 0 Å². The lowest BCUT2D eigenvalue weighted by Crippen LogP contribution is -2.81. The molecule has 1 aliphatic rings. The number of benzene rings is 1. The second kappa shape index (κ2) is 9.15. The maximum absolute atomic E-state index is 12.8. The lowest BCUT2D eigenvalue weighted by Gasteiger charge is -2.19. The van der Waals surface area contributed by atoms with Gasteiger partial charge in [0.05, 0.1) is 40.7 Å². The Kier molecular flexibility index (Phi) is 6.61. The highest BCUT2D eigenvalue weighted by molar-refractivity contribution is 5.82. The SMILES string of the molecule is C[NH2+][C@@H]1CCc2cc(OC)c(OC)c(OC)c2-c2ccc(NCCO)c(=O)cc21. The molecule has 2 aromatic carbocycles. The first-order valence-electron chi connectivity index (χ1n) is 9.74. The smallest absolute Gasteiger partial charge is 0.203 e. The third-order valence-electron chi connectivity index (χ3n) is 5.41. The van der Waals surface area contributed by atoms with Crippen LogP contribution in [0.4, 0.5) is 5.69 Å². The van der Waals surface area contributed by atoms with Crippen molar-refractivity contribution in [2.75, 3.05) is 46.8 Å². The number of rotatable bonds is 7. The Morgan fingerprint density at radius 3 is 2.52 bits per heavy atom. The number of aliphatic hydroxyl groups is 1. The Morgan fingerprint density at radius 2 is 1.90 bits per heavy atom. The number of hydrogen-bond donors (Lipinski definition) is 3. The van der Waals surface area contributed by atoms with Gasteiger partial charge in [0.25, 0.3) is 0 Å². The van der Waals surface area contributed by atoms with E-state index in [4.69, 9.17) is 19.3 Å². The van der Waals surface area contributed by atoms with E-state index in [0.717, 1.165) is 35.1 Å². The maximum Gasteiger partial charge on any atom is 0.203 e. The molecule has 0 spiro atoms. The predicted molar refractivity (Wildman–Crippen MR) is 112 cm³/mol. The number of nitrogens with two attached hydrogens (primary N) is 1. The Labute approximate surface area is 170 Å². The van der Waals surface area contributed by atoms with E-state index in [-0.39, 0.29) is 18.1 Å². The number of aryl methyl sites for hydroxylation is 1. The normalized spacial score (nSPS) is 15.0. The molecule has 1 atom stereocenters. The minimum atomic E-state index is -0.102. The van der Waals surface area contributed by atoms with Crippen LogP contribution in [0.1, 0.15) is 23.6 Å². The second-order valence-corrected chi connectivity index (χ2v) is 6.93. The molecule has 29 heavy (non-hydrogen) atoms. The number of quaternary nitrogens is 1. The summed E-state index contributed by atoms with van der Waals surface area (Å²) in [7, 11) is 6.83. The van der Waals surface area contributed by atoms with Crippen molar-refractivity contribution in [1.82, 2.24) is 0 Å². The molecular weight excluding hydrogens is 372 g/mol. The van der Waals surface area contributed by atoms with Gasteiger partial charge in [-0.15, -0.1) is 0 Å². The zero-order valence-electron chi connectivity index (χ0n) is 17.4. The molecule has 0 amide bonds. The van der Waals surface area contributed by atoms with Gasteiger partial charge in [-0.25, -0.2) is 0 Å². The van der Waals surface area contributed by atoms with E-state index in [1.165, 1.54) is 0 Å². The van der Waals surface area contributed by atoms with Crippen molar-refractivity contribution < 1.29 is 24.6 Å². The van der Waals surface area contributed by atoms with Gasteiger partial charge in [0, 0.05) is 24.1 Å². The molecule has 0 saturated heterocycles. The monoisotopic (exact) mass is 401 g/mol. The molecule has 4 N–H and O–H groups in total. The molecule has 0 radical (unpaired) electrons. The van der Waals surface area contributed by atoms with Crippen LogP contribution in [0.5, 0.6) is 17.2 Å². The minimum Gasteiger partial charge on any atom is -0.493 e. The lowest BCUT2D eigenvalue weighted by atomic mass is 9.95. The molecule has 0 unspecified atom stereocenters. The fourth-order valence-corrected chi connectivity index (χ4v) is 4.02. The Hall–Kier alpha value is -2.77. The van der Waals surface area contributed by atoms with Gasteiger partial charge in [0.2, 0.25) is 11.2 Å². The number of aliphatic hydroxyl groups excluding tert-OH is 1. The average Bonchev–Trinajstić information content (AvgIpc) is 2.98. The largest absolute Gasteiger partial charge is 0.493 e. The van der Waals surface area contributed by atoms with E-state index in [1.807, 2.05) is 19.2 Å². The Bertz CT molecular complexity index is 945. The molecule has 7 nitrogen and oxygen atoms in total. The van der Waals surface area contributed by atoms with Crippen molar-refractivity contribution in [3.05, 3.63) is 45.6 Å². The van der Waals surface area contributed by atoms with Gasteiger partial charge in [-0.3, -0.25) is 4.79 Å². The summed E-state index contributed by atoms with van der Waals surface area (Å²) in [5.41, 5.74) is 4.27. The summed E-state index contributed by atoms with van der Waals surface area (Å²) in [6, 6.07) is 7.55. The summed E-state index contributed by atoms with van der Waals surface area (Å²) in [5.74, 6) is 1.76. The average molecular weight is 401 g/mol. The van der Waals surface area contributed by atoms with Crippen LogP contribution < -0.4 is 30.3 Å². The molecule has 7 heteroatoms. The molecule has 156 valence electrons. The second-order valence-electron chi connectivity index (χ2n) is 6.93. The van der Waals surface area contributed by atoms with Gasteiger partial charge in [-0.05, 0) is 35.7 Å². The van der Waals surface area contributed by atoms with Crippen molar-refractivity contribution in [1.29, 1.82) is 0 Å². The quantitative estimate of drug-likeness (QED) is 0.648. The van der Waals surface area contributed by atoms with E-state index in [1.54, 1.807) is 33.5 Å². The maximum atomic E-state index is 12.8. The molecule has 0 saturated carbocycles. The molecule has 0 bridgehead atoms. The summed E-state index contributed by atoms with van der Waals surface area (Å²) >= 11 is 0. The molecule has 1 aliphatic carbocycles. The lowest BCUT2D eigenvalue weighted by molar-refractivity contribution is -0.670. The standard InChI is InChI=1S/C22H28N2O5/c1-23-16-7-5-13-11-19(27-2)21(28-3)22(29-4)20(13)14-6-8-17(24-9-10-25)18(26)12-15(14)16/h6,8,11-12,16,23,25H,5,7,9-10H2,1-4H3,(H,24,26)/p+1/t16-/m1/s1. The van der Waals surface area contributed by atoms with E-state index >= 15 is 0 Å². The van der Waals surface area contributed by atoms with Crippen LogP contribution in [0.25, 0.3) is 11.1 Å². The van der Waals surface area contributed by atoms with Gasteiger partial charge in [-0.1, -0.05) is 6.07 Å². The van der Waals surface area contributed by atoms with Crippen molar-refractivity contribution in [2.45, 2.75) is 18.9 Å². The van der Waals surface area contributed by atoms with Crippen molar-refractivity contribution in [2.24, 2.45) is 0 Å². The molecule has 0 fully saturated rings. The Balaban J connectivity index is 2.35. The third kappa shape index (κ3) is 3.88. The third-order valence-corrected chi connectivity index (χ3v) is 5.41. The van der Waals surface area contributed by atoms with Crippen LogP contribution in [-0.4, -0.2) is 46.6 Å². The Morgan fingerprint density at radius 1 is 1.14 bits per heavy atom. The zero-order chi connectivity index (χ0) is 21.0. The van der Waals surface area contributed by atoms with Gasteiger partial charge < -0.3 is 30.0 Å². The number of fused-ring (bicyclic) bond motifs is 3. The zero-order valence-corrected chi connectivity index (χ0v) is 17.4. The summed E-state index contributed by atoms with van der Waals surface area (Å²) in [4.78, 5) is 12.8. The van der Waals surface area contributed by atoms with E-state index < -0.39 is 0 Å². The summed E-state index contributed by atoms with van der Waals surface area (Å²) in [6.07, 6.45) is 1.70. The number of anilines is 1. The topological polar surface area (TPSA) is 93.6 Å². The molecule has 0 aromatic heterocycles. The van der Waals surface area contributed by atoms with Gasteiger partial charge in [-0.2, -0.15) is 0 Å². The minimum absolute atomic E-state index is 0.0449. The summed E-state index contributed by atoms with van der Waals surface area (Å²) < 4.78 is 16.9. The van der Waals surface area contributed by atoms with E-state index in [0.29, 0.717) is 29.5 Å². The van der Waals surface area contributed by atoms with Crippen LogP contribution in [0, 0.1) is 0 Å². The van der Waals surface area contributed by atoms with Crippen LogP contribution in [0.15, 0.2) is 29.1 Å². The van der Waals surface area contributed by atoms with Gasteiger partial charge >= 0.3 is 0 Å². The summed E-state index contributed by atoms with van der Waals surface area (Å²) in [5, 5.41) is 14.2. The van der Waals surface area contributed by atoms with Crippen LogP contribution >= 0.6 is 0 Å². The predicted octanol–water partition coefficient (Wildman–Crippen LogP) is 1.32. The van der Waals surface area contributed by atoms with E-state index in [9.17, 15) is 4.79 Å². The number of hydrogen-bond acceptors (Lipinski definition) is 6. The molecular formula is C22H29N2O5+. The molecule has 0 heterocycles. The highest BCUT2D eigenvalue weighted by atomic mass is 16.5. The van der Waals surface area contributed by atoms with Crippen molar-refractivity contribution >= 4 is 5.69 Å².